The number of rotatable bonds is 0. The highest BCUT2D eigenvalue weighted by atomic mass is 14.9. The van der Waals surface area contributed by atoms with E-state index < -0.39 is 0 Å². The smallest absolute Gasteiger partial charge is 0.103 e. The number of imidazole rings is 1. The third-order valence-electron chi connectivity index (χ3n) is 2.08. The molecule has 2 nitrogen and oxygen atoms in total. The Morgan fingerprint density at radius 1 is 1.36 bits per heavy atom. The number of nitrogens with zero attached hydrogens (tertiary/aromatic N) is 1. The van der Waals surface area contributed by atoms with E-state index in [1.165, 1.54) is 17.0 Å². The molecule has 0 aliphatic heterocycles. The highest BCUT2D eigenvalue weighted by Gasteiger charge is 2.10. The molecule has 1 aromatic heterocycles. The van der Waals surface area contributed by atoms with Gasteiger partial charge in [0.25, 0.3) is 0 Å². The van der Waals surface area contributed by atoms with Crippen LogP contribution >= 0.6 is 0 Å². The van der Waals surface area contributed by atoms with Crippen LogP contribution in [0.2, 0.25) is 0 Å². The Balaban J connectivity index is 2.50. The van der Waals surface area contributed by atoms with Gasteiger partial charge in [0.1, 0.15) is 5.82 Å². The lowest BCUT2D eigenvalue weighted by molar-refractivity contribution is 0.893. The second kappa shape index (κ2) is 2.22. The molecule has 2 heteroatoms. The Hall–Kier alpha value is -1.05. The lowest BCUT2D eigenvalue weighted by Gasteiger charge is -2.06. The van der Waals surface area contributed by atoms with Crippen molar-refractivity contribution in [2.24, 2.45) is 0 Å². The fourth-order valence-corrected chi connectivity index (χ4v) is 1.50. The van der Waals surface area contributed by atoms with E-state index in [1.54, 1.807) is 0 Å². The number of aromatic amines is 1. The minimum Gasteiger partial charge on any atom is -0.343 e. The number of aryl methyl sites for hydroxylation is 2. The van der Waals surface area contributed by atoms with E-state index in [9.17, 15) is 0 Å². The molecule has 1 heterocycles. The van der Waals surface area contributed by atoms with Crippen molar-refractivity contribution in [1.82, 2.24) is 9.97 Å². The molecule has 58 valence electrons. The zero-order chi connectivity index (χ0) is 7.84. The van der Waals surface area contributed by atoms with Gasteiger partial charge in [-0.15, -0.1) is 0 Å². The summed E-state index contributed by atoms with van der Waals surface area (Å²) < 4.78 is 0. The second-order valence-electron chi connectivity index (χ2n) is 3.17. The average molecular weight is 148 g/mol. The number of allylic oxidation sites excluding steroid dienone is 1. The van der Waals surface area contributed by atoms with Crippen molar-refractivity contribution >= 4 is 6.08 Å². The average Bonchev–Trinajstić information content (AvgIpc) is 2.27. The molecule has 1 aromatic rings. The maximum atomic E-state index is 4.39. The molecular weight excluding hydrogens is 136 g/mol. The number of aromatic nitrogens is 2. The predicted octanol–water partition coefficient (Wildman–Crippen LogP) is 2.07. The van der Waals surface area contributed by atoms with Gasteiger partial charge in [-0.05, 0) is 32.8 Å². The minimum absolute atomic E-state index is 1.03. The maximum absolute atomic E-state index is 4.39. The molecule has 0 radical (unpaired) electrons. The van der Waals surface area contributed by atoms with Crippen molar-refractivity contribution < 1.29 is 0 Å². The van der Waals surface area contributed by atoms with Gasteiger partial charge in [-0.1, -0.05) is 5.57 Å². The van der Waals surface area contributed by atoms with E-state index in [4.69, 9.17) is 0 Å². The number of fused-ring (bicyclic) bond motifs is 1. The number of H-pyrrole nitrogens is 1. The summed E-state index contributed by atoms with van der Waals surface area (Å²) in [5, 5.41) is 0. The van der Waals surface area contributed by atoms with Crippen molar-refractivity contribution in [2.75, 3.05) is 0 Å². The number of hydrogen-bond acceptors (Lipinski definition) is 1. The molecule has 11 heavy (non-hydrogen) atoms. The zero-order valence-corrected chi connectivity index (χ0v) is 6.94. The Labute approximate surface area is 66.4 Å². The van der Waals surface area contributed by atoms with Gasteiger partial charge >= 0.3 is 0 Å². The van der Waals surface area contributed by atoms with Crippen LogP contribution in [0.3, 0.4) is 0 Å². The van der Waals surface area contributed by atoms with Crippen LogP contribution in [-0.2, 0) is 6.42 Å². The van der Waals surface area contributed by atoms with Crippen LogP contribution in [0, 0.1) is 6.92 Å². The topological polar surface area (TPSA) is 28.7 Å². The molecule has 0 fully saturated rings. The zero-order valence-electron chi connectivity index (χ0n) is 6.94. The summed E-state index contributed by atoms with van der Waals surface area (Å²) in [6, 6.07) is 0. The molecule has 1 aliphatic carbocycles. The third-order valence-corrected chi connectivity index (χ3v) is 2.08. The summed E-state index contributed by atoms with van der Waals surface area (Å²) in [6.45, 7) is 4.17. The van der Waals surface area contributed by atoms with Gasteiger partial charge in [0, 0.05) is 0 Å². The van der Waals surface area contributed by atoms with Crippen molar-refractivity contribution in [3.05, 3.63) is 22.8 Å². The van der Waals surface area contributed by atoms with Crippen LogP contribution in [0.15, 0.2) is 5.57 Å². The van der Waals surface area contributed by atoms with Crippen molar-refractivity contribution in [3.63, 3.8) is 0 Å². The summed E-state index contributed by atoms with van der Waals surface area (Å²) in [5.74, 6) is 1.03. The molecule has 0 saturated carbocycles. The molecule has 2 rings (SSSR count). The van der Waals surface area contributed by atoms with Crippen LogP contribution in [0.1, 0.15) is 30.6 Å². The Morgan fingerprint density at radius 2 is 2.18 bits per heavy atom. The van der Waals surface area contributed by atoms with E-state index in [1.807, 2.05) is 6.92 Å². The van der Waals surface area contributed by atoms with Crippen molar-refractivity contribution in [2.45, 2.75) is 26.7 Å². The van der Waals surface area contributed by atoms with Gasteiger partial charge < -0.3 is 4.98 Å². The molecule has 0 atom stereocenters. The van der Waals surface area contributed by atoms with E-state index in [2.05, 4.69) is 23.0 Å². The quantitative estimate of drug-likeness (QED) is 0.599. The van der Waals surface area contributed by atoms with Crippen LogP contribution in [0.5, 0.6) is 0 Å². The fraction of sp³-hybridized carbons (Fsp3) is 0.444. The summed E-state index contributed by atoms with van der Waals surface area (Å²) in [7, 11) is 0. The summed E-state index contributed by atoms with van der Waals surface area (Å²) in [4.78, 5) is 7.62. The standard InChI is InChI=1S/C9H12N2/c1-6-3-4-8-9(5-6)11-7(2)10-8/h5H,3-4H2,1-2H3,(H,10,11). The van der Waals surface area contributed by atoms with Gasteiger partial charge in [0.2, 0.25) is 0 Å². The van der Waals surface area contributed by atoms with Gasteiger partial charge in [-0.2, -0.15) is 0 Å². The molecule has 0 aromatic carbocycles. The van der Waals surface area contributed by atoms with Crippen LogP contribution in [0.25, 0.3) is 6.08 Å². The molecule has 0 unspecified atom stereocenters. The van der Waals surface area contributed by atoms with E-state index in [0.717, 1.165) is 18.7 Å². The van der Waals surface area contributed by atoms with Gasteiger partial charge in [-0.25, -0.2) is 4.98 Å². The van der Waals surface area contributed by atoms with Crippen LogP contribution < -0.4 is 0 Å². The Bertz CT molecular complexity index is 307. The maximum Gasteiger partial charge on any atom is 0.103 e. The SMILES string of the molecule is CC1=Cc2[nH]c(C)nc2CC1. The molecule has 1 aliphatic rings. The Kier molecular flexibility index (Phi) is 1.34. The van der Waals surface area contributed by atoms with Crippen molar-refractivity contribution in [1.29, 1.82) is 0 Å². The van der Waals surface area contributed by atoms with E-state index >= 15 is 0 Å². The van der Waals surface area contributed by atoms with E-state index in [-0.39, 0.29) is 0 Å². The molecular formula is C9H12N2. The van der Waals surface area contributed by atoms with Crippen LogP contribution in [0.4, 0.5) is 0 Å². The first-order valence-electron chi connectivity index (χ1n) is 3.98. The molecule has 0 saturated heterocycles. The van der Waals surface area contributed by atoms with Gasteiger partial charge in [0.05, 0.1) is 11.4 Å². The normalized spacial score (nSPS) is 16.0. The minimum atomic E-state index is 1.03. The monoisotopic (exact) mass is 148 g/mol. The van der Waals surface area contributed by atoms with Crippen molar-refractivity contribution in [3.8, 4) is 0 Å². The Morgan fingerprint density at radius 3 is 3.00 bits per heavy atom. The lowest BCUT2D eigenvalue weighted by Crippen LogP contribution is -1.95. The fourth-order valence-electron chi connectivity index (χ4n) is 1.50. The third kappa shape index (κ3) is 1.09. The lowest BCUT2D eigenvalue weighted by atomic mass is 10.0. The first kappa shape index (κ1) is 6.65. The van der Waals surface area contributed by atoms with Crippen LogP contribution in [-0.4, -0.2) is 9.97 Å². The van der Waals surface area contributed by atoms with E-state index in [0.29, 0.717) is 0 Å². The molecule has 0 bridgehead atoms. The molecule has 0 amide bonds. The number of hydrogen-bond donors (Lipinski definition) is 1. The molecule has 0 spiro atoms. The second-order valence-corrected chi connectivity index (χ2v) is 3.17. The summed E-state index contributed by atoms with van der Waals surface area (Å²) in [6.07, 6.45) is 4.46. The highest BCUT2D eigenvalue weighted by Crippen LogP contribution is 2.20. The largest absolute Gasteiger partial charge is 0.343 e. The molecule has 1 N–H and O–H groups in total. The van der Waals surface area contributed by atoms with Gasteiger partial charge in [0.15, 0.2) is 0 Å². The summed E-state index contributed by atoms with van der Waals surface area (Å²) >= 11 is 0. The predicted molar refractivity (Wildman–Crippen MR) is 45.3 cm³/mol. The first-order valence-corrected chi connectivity index (χ1v) is 3.98. The highest BCUT2D eigenvalue weighted by molar-refractivity contribution is 5.53. The number of nitrogens with one attached hydrogen (secondary N) is 1. The summed E-state index contributed by atoms with van der Waals surface area (Å²) in [5.41, 5.74) is 3.89. The first-order chi connectivity index (χ1) is 5.25. The van der Waals surface area contributed by atoms with Gasteiger partial charge in [-0.3, -0.25) is 0 Å².